The molecule has 0 radical (unpaired) electrons. The van der Waals surface area contributed by atoms with Crippen LogP contribution in [0.1, 0.15) is 48.8 Å². The van der Waals surface area contributed by atoms with Crippen molar-refractivity contribution in [3.8, 4) is 23.3 Å². The normalized spacial score (nSPS) is 20.1. The highest BCUT2D eigenvalue weighted by atomic mass is 19.4. The van der Waals surface area contributed by atoms with Crippen LogP contribution in [0.4, 0.5) is 34.6 Å². The fourth-order valence-electron chi connectivity index (χ4n) is 8.04. The highest BCUT2D eigenvalue weighted by molar-refractivity contribution is 5.96. The number of likely N-dealkylation sites (tertiary alicyclic amines) is 1. The van der Waals surface area contributed by atoms with Crippen molar-refractivity contribution >= 4 is 39.8 Å². The van der Waals surface area contributed by atoms with Gasteiger partial charge in [0, 0.05) is 48.5 Å². The van der Waals surface area contributed by atoms with Crippen LogP contribution in [0.5, 0.6) is 11.5 Å². The van der Waals surface area contributed by atoms with Crippen molar-refractivity contribution in [1.82, 2.24) is 20.1 Å². The molecule has 0 unspecified atom stereocenters. The number of likely N-dealkylation sites (N-methyl/N-ethyl adjacent to an activating group) is 1. The molecule has 0 spiro atoms. The summed E-state index contributed by atoms with van der Waals surface area (Å²) in [6.07, 6.45) is -4.63. The van der Waals surface area contributed by atoms with E-state index >= 15 is 0 Å². The number of nitrogens with one attached hydrogen (secondary N) is 4. The molecular formula is C45H55F4N7O5. The molecule has 3 heterocycles. The van der Waals surface area contributed by atoms with Crippen molar-refractivity contribution in [1.29, 1.82) is 0 Å². The maximum Gasteiger partial charge on any atom is 0.406 e. The third-order valence-electron chi connectivity index (χ3n) is 11.1. The van der Waals surface area contributed by atoms with E-state index in [0.29, 0.717) is 58.7 Å². The second-order valence-electron chi connectivity index (χ2n) is 16.2. The molecule has 3 aromatic carbocycles. The van der Waals surface area contributed by atoms with E-state index in [1.165, 1.54) is 7.11 Å². The van der Waals surface area contributed by atoms with Crippen LogP contribution in [-0.4, -0.2) is 117 Å². The van der Waals surface area contributed by atoms with Gasteiger partial charge in [-0.25, -0.2) is 4.39 Å². The number of aliphatic hydroxyl groups is 1. The first kappa shape index (κ1) is 44.9. The minimum atomic E-state index is -4.51. The number of rotatable bonds is 13. The van der Waals surface area contributed by atoms with Crippen molar-refractivity contribution in [2.45, 2.75) is 76.7 Å². The Morgan fingerprint density at radius 2 is 1.85 bits per heavy atom. The zero-order valence-electron chi connectivity index (χ0n) is 35.3. The fourth-order valence-corrected chi connectivity index (χ4v) is 8.04. The minimum absolute atomic E-state index is 0.00217. The van der Waals surface area contributed by atoms with Crippen LogP contribution < -0.4 is 35.6 Å². The van der Waals surface area contributed by atoms with Crippen LogP contribution in [0.15, 0.2) is 60.7 Å². The molecule has 4 aromatic rings. The maximum absolute atomic E-state index is 14.9. The first-order chi connectivity index (χ1) is 29.0. The zero-order valence-corrected chi connectivity index (χ0v) is 35.3. The molecule has 16 heteroatoms. The average molecular weight is 850 g/mol. The monoisotopic (exact) mass is 849 g/mol. The van der Waals surface area contributed by atoms with E-state index in [-0.39, 0.29) is 49.7 Å². The lowest BCUT2D eigenvalue weighted by molar-refractivity contribution is -0.140. The molecule has 328 valence electrons. The summed E-state index contributed by atoms with van der Waals surface area (Å²) in [7, 11) is 5.20. The molecule has 61 heavy (non-hydrogen) atoms. The largest absolute Gasteiger partial charge is 0.495 e. The van der Waals surface area contributed by atoms with Crippen molar-refractivity contribution in [3.05, 3.63) is 77.5 Å². The molecule has 5 N–H and O–H groups in total. The van der Waals surface area contributed by atoms with E-state index in [1.54, 1.807) is 42.5 Å². The molecular weight excluding hydrogens is 795 g/mol. The van der Waals surface area contributed by atoms with Crippen LogP contribution in [0.2, 0.25) is 0 Å². The van der Waals surface area contributed by atoms with Crippen LogP contribution in [0, 0.1) is 17.8 Å². The van der Waals surface area contributed by atoms with E-state index in [2.05, 4.69) is 33.1 Å². The Balaban J connectivity index is 1.12. The van der Waals surface area contributed by atoms with E-state index in [9.17, 15) is 32.3 Å². The number of ether oxygens (including phenoxy) is 2. The average Bonchev–Trinajstić information content (AvgIpc) is 3.55. The van der Waals surface area contributed by atoms with Crippen molar-refractivity contribution in [2.75, 3.05) is 69.6 Å². The lowest BCUT2D eigenvalue weighted by atomic mass is 9.95. The van der Waals surface area contributed by atoms with Crippen molar-refractivity contribution < 1.29 is 41.7 Å². The summed E-state index contributed by atoms with van der Waals surface area (Å²) in [6.45, 7) is 5.46. The summed E-state index contributed by atoms with van der Waals surface area (Å²) >= 11 is 0. The van der Waals surface area contributed by atoms with Gasteiger partial charge in [0.25, 0.3) is 5.91 Å². The Bertz CT molecular complexity index is 2250. The van der Waals surface area contributed by atoms with Gasteiger partial charge in [-0.15, -0.1) is 0 Å². The summed E-state index contributed by atoms with van der Waals surface area (Å²) in [5.74, 6) is 6.28. The zero-order chi connectivity index (χ0) is 44.0. The number of fused-ring (bicyclic) bond motifs is 2. The number of hydrogen-bond donors (Lipinski definition) is 5. The van der Waals surface area contributed by atoms with E-state index < -0.39 is 43.1 Å². The summed E-state index contributed by atoms with van der Waals surface area (Å²) in [4.78, 5) is 30.3. The number of benzene rings is 3. The highest BCUT2D eigenvalue weighted by Crippen LogP contribution is 2.33. The Hall–Kier alpha value is -5.66. The molecule has 2 amide bonds. The SMILES string of the molecule is COc1ccc(C(=O)N[C@@H](C)COc2ccc3c(c2)N(C)[C@@H](C(C)C)C(=O)N[C@H](CO)C3)cc1NCC#Cc1cc2c(N[C@@H]3CCN(C)C[C@@H]3F)cccc2n1CC(F)(F)F. The van der Waals surface area contributed by atoms with Gasteiger partial charge < -0.3 is 50.2 Å². The number of carbonyl (C=O) groups is 2. The molecule has 2 aliphatic rings. The van der Waals surface area contributed by atoms with Gasteiger partial charge >= 0.3 is 6.18 Å². The van der Waals surface area contributed by atoms with Gasteiger partial charge in [0.05, 0.1) is 55.3 Å². The first-order valence-electron chi connectivity index (χ1n) is 20.4. The second kappa shape index (κ2) is 19.4. The summed E-state index contributed by atoms with van der Waals surface area (Å²) in [5, 5.41) is 22.7. The van der Waals surface area contributed by atoms with Gasteiger partial charge in [0.1, 0.15) is 36.9 Å². The summed E-state index contributed by atoms with van der Waals surface area (Å²) in [5.41, 5.74) is 3.60. The van der Waals surface area contributed by atoms with Crippen molar-refractivity contribution in [3.63, 3.8) is 0 Å². The first-order valence-corrected chi connectivity index (χ1v) is 20.4. The smallest absolute Gasteiger partial charge is 0.406 e. The van der Waals surface area contributed by atoms with Crippen LogP contribution in [0.3, 0.4) is 0 Å². The predicted molar refractivity (Wildman–Crippen MR) is 229 cm³/mol. The number of piperidine rings is 1. The Morgan fingerprint density at radius 3 is 2.56 bits per heavy atom. The molecule has 2 aliphatic heterocycles. The molecule has 6 rings (SSSR count). The molecule has 0 aliphatic carbocycles. The number of amides is 2. The van der Waals surface area contributed by atoms with Gasteiger partial charge in [0.15, 0.2) is 0 Å². The number of nitrogens with zero attached hydrogens (tertiary/aromatic N) is 3. The quantitative estimate of drug-likeness (QED) is 0.0835. The van der Waals surface area contributed by atoms with Crippen LogP contribution in [-0.2, 0) is 17.8 Å². The van der Waals surface area contributed by atoms with Crippen LogP contribution in [0.25, 0.3) is 10.9 Å². The number of halogens is 4. The summed E-state index contributed by atoms with van der Waals surface area (Å²) < 4.78 is 69.1. The van der Waals surface area contributed by atoms with Crippen molar-refractivity contribution in [2.24, 2.45) is 5.92 Å². The number of methoxy groups -OCH3 is 1. The third-order valence-corrected chi connectivity index (χ3v) is 11.1. The Labute approximate surface area is 353 Å². The number of aliphatic hydroxyl groups excluding tert-OH is 1. The maximum atomic E-state index is 14.9. The lowest BCUT2D eigenvalue weighted by Gasteiger charge is -2.37. The minimum Gasteiger partial charge on any atom is -0.495 e. The van der Waals surface area contributed by atoms with E-state index in [0.717, 1.165) is 15.8 Å². The summed E-state index contributed by atoms with van der Waals surface area (Å²) in [6, 6.07) is 15.3. The highest BCUT2D eigenvalue weighted by Gasteiger charge is 2.33. The van der Waals surface area contributed by atoms with Gasteiger partial charge in [-0.3, -0.25) is 9.59 Å². The topological polar surface area (TPSA) is 132 Å². The van der Waals surface area contributed by atoms with Crippen LogP contribution >= 0.6 is 0 Å². The fraction of sp³-hybridized carbons (Fsp3) is 0.467. The van der Waals surface area contributed by atoms with Gasteiger partial charge in [0.2, 0.25) is 5.91 Å². The molecule has 5 atom stereocenters. The Kier molecular flexibility index (Phi) is 14.3. The Morgan fingerprint density at radius 1 is 1.07 bits per heavy atom. The second-order valence-corrected chi connectivity index (χ2v) is 16.2. The molecule has 12 nitrogen and oxygen atoms in total. The predicted octanol–water partition coefficient (Wildman–Crippen LogP) is 5.82. The number of anilines is 3. The number of aromatic nitrogens is 1. The standard InChI is InChI=1S/C45H55F4N7O5/c1-27(2)42-44(59)52-31(24-57)19-29-12-14-33(22-40(29)55(42)5)61-25-28(3)51-43(58)30-13-15-41(60-6)38(20-30)50-17-8-9-32-21-34-36(53-37-16-18-54(4)23-35(37)46)10-7-11-39(34)56(32)26-45(47,48)49/h7,10-15,20-22,27-28,31,35,37,42,50,53,57H,16-19,23-26H2,1-6H3,(H,51,58)(H,52,59)/t28-,31-,35-,37+,42-/m0/s1. The van der Waals surface area contributed by atoms with Gasteiger partial charge in [-0.2, -0.15) is 13.2 Å². The van der Waals surface area contributed by atoms with E-state index in [1.807, 2.05) is 62.9 Å². The number of alkyl halides is 4. The third kappa shape index (κ3) is 11.0. The van der Waals surface area contributed by atoms with E-state index in [4.69, 9.17) is 9.47 Å². The molecule has 1 fully saturated rings. The lowest BCUT2D eigenvalue weighted by Crippen LogP contribution is -2.54. The molecule has 1 aromatic heterocycles. The number of hydrogen-bond acceptors (Lipinski definition) is 9. The number of carbonyl (C=O) groups excluding carboxylic acids is 2. The van der Waals surface area contributed by atoms with Gasteiger partial charge in [-0.1, -0.05) is 31.9 Å². The molecule has 1 saturated heterocycles. The molecule has 0 bridgehead atoms. The molecule has 0 saturated carbocycles. The van der Waals surface area contributed by atoms with Gasteiger partial charge in [-0.05, 0) is 86.7 Å².